The van der Waals surface area contributed by atoms with E-state index in [1.165, 1.54) is 4.90 Å². The highest BCUT2D eigenvalue weighted by molar-refractivity contribution is 6.34. The van der Waals surface area contributed by atoms with Crippen LogP contribution in [0.2, 0.25) is 5.02 Å². The second-order valence-electron chi connectivity index (χ2n) is 9.90. The van der Waals surface area contributed by atoms with Crippen molar-refractivity contribution in [2.24, 2.45) is 11.8 Å². The first-order valence-electron chi connectivity index (χ1n) is 12.5. The fourth-order valence-corrected chi connectivity index (χ4v) is 6.83. The monoisotopic (exact) mass is 514 g/mol. The molecule has 2 amide bonds. The molecule has 0 saturated carbocycles. The molecule has 1 spiro atoms. The van der Waals surface area contributed by atoms with Crippen LogP contribution in [0, 0.1) is 18.8 Å². The number of halogens is 1. The number of amides is 2. The van der Waals surface area contributed by atoms with Crippen LogP contribution in [0.4, 0.5) is 5.69 Å². The Hall–Kier alpha value is -2.68. The molecule has 36 heavy (non-hydrogen) atoms. The van der Waals surface area contributed by atoms with Crippen LogP contribution < -0.4 is 4.90 Å². The highest BCUT2D eigenvalue weighted by Crippen LogP contribution is 2.59. The molecule has 4 heterocycles. The van der Waals surface area contributed by atoms with Crippen molar-refractivity contribution >= 4 is 35.1 Å². The third-order valence-corrected chi connectivity index (χ3v) is 8.47. The van der Waals surface area contributed by atoms with Crippen LogP contribution in [0.25, 0.3) is 0 Å². The van der Waals surface area contributed by atoms with Gasteiger partial charge in [-0.3, -0.25) is 14.4 Å². The lowest BCUT2D eigenvalue weighted by Crippen LogP contribution is -2.59. The van der Waals surface area contributed by atoms with E-state index in [0.717, 1.165) is 5.56 Å². The topological polar surface area (TPSA) is 96.4 Å². The van der Waals surface area contributed by atoms with Gasteiger partial charge in [0, 0.05) is 6.54 Å². The van der Waals surface area contributed by atoms with Crippen molar-refractivity contribution in [3.63, 3.8) is 0 Å². The summed E-state index contributed by atoms with van der Waals surface area (Å²) in [5.74, 6) is -3.14. The number of ether oxygens (including phenoxy) is 2. The molecule has 0 aromatic heterocycles. The minimum absolute atomic E-state index is 0.101. The lowest BCUT2D eigenvalue weighted by molar-refractivity contribution is -0.159. The van der Waals surface area contributed by atoms with E-state index in [1.54, 1.807) is 23.1 Å². The van der Waals surface area contributed by atoms with Crippen molar-refractivity contribution in [1.82, 2.24) is 4.90 Å². The van der Waals surface area contributed by atoms with E-state index in [4.69, 9.17) is 21.1 Å². The molecular formula is C27H31ClN2O6. The van der Waals surface area contributed by atoms with E-state index in [9.17, 15) is 19.5 Å². The summed E-state index contributed by atoms with van der Waals surface area (Å²) < 4.78 is 12.2. The zero-order chi connectivity index (χ0) is 25.8. The molecule has 1 aromatic rings. The molecule has 0 bridgehead atoms. The molecule has 5 rings (SSSR count). The number of benzene rings is 1. The van der Waals surface area contributed by atoms with Crippen LogP contribution in [0.15, 0.2) is 42.5 Å². The third kappa shape index (κ3) is 3.31. The standard InChI is InChI=1S/C27H31ClN2O6/c1-4-17(15-31)30-22-24(33)29(21-16(3)9-6-10-18(21)28)13-7-12-27(22)19(23(30)32)20-25(34)35-14-8-11-26(20,5-2)36-27/h6-12,17,19-20,22,31H,4-5,13-15H2,1-3H3/t17-,19-,20+,22?,26-,27-/m0/s1. The number of anilines is 1. The first kappa shape index (κ1) is 25.0. The van der Waals surface area contributed by atoms with E-state index < -0.39 is 41.1 Å². The van der Waals surface area contributed by atoms with Crippen molar-refractivity contribution in [2.45, 2.75) is 56.9 Å². The molecule has 4 aliphatic heterocycles. The Labute approximate surface area is 215 Å². The summed E-state index contributed by atoms with van der Waals surface area (Å²) in [5.41, 5.74) is -1.10. The average molecular weight is 515 g/mol. The summed E-state index contributed by atoms with van der Waals surface area (Å²) in [6.07, 6.45) is 7.99. The predicted octanol–water partition coefficient (Wildman–Crippen LogP) is 2.80. The quantitative estimate of drug-likeness (QED) is 0.479. The Morgan fingerprint density at radius 1 is 1.14 bits per heavy atom. The van der Waals surface area contributed by atoms with Gasteiger partial charge in [0.05, 0.1) is 29.3 Å². The number of fused-ring (bicyclic) bond motifs is 2. The lowest BCUT2D eigenvalue weighted by Gasteiger charge is -2.40. The number of aliphatic hydroxyl groups excluding tert-OH is 1. The van der Waals surface area contributed by atoms with Crippen LogP contribution >= 0.6 is 11.6 Å². The summed E-state index contributed by atoms with van der Waals surface area (Å²) in [6, 6.07) is 3.71. The van der Waals surface area contributed by atoms with Gasteiger partial charge in [-0.2, -0.15) is 0 Å². The number of likely N-dealkylation sites (tertiary alicyclic amines) is 1. The van der Waals surface area contributed by atoms with Crippen LogP contribution in [-0.2, 0) is 23.9 Å². The predicted molar refractivity (Wildman–Crippen MR) is 133 cm³/mol. The number of aliphatic hydroxyl groups is 1. The fourth-order valence-electron chi connectivity index (χ4n) is 6.51. The van der Waals surface area contributed by atoms with Gasteiger partial charge in [0.25, 0.3) is 5.91 Å². The van der Waals surface area contributed by atoms with Gasteiger partial charge in [-0.15, -0.1) is 0 Å². The highest BCUT2D eigenvalue weighted by atomic mass is 35.5. The molecule has 192 valence electrons. The van der Waals surface area contributed by atoms with Crippen molar-refractivity contribution in [1.29, 1.82) is 0 Å². The zero-order valence-corrected chi connectivity index (χ0v) is 21.4. The number of hydrogen-bond donors (Lipinski definition) is 1. The van der Waals surface area contributed by atoms with Crippen molar-refractivity contribution < 1.29 is 29.0 Å². The molecule has 9 heteroatoms. The average Bonchev–Trinajstić information content (AvgIpc) is 3.14. The van der Waals surface area contributed by atoms with Crippen LogP contribution in [0.3, 0.4) is 0 Å². The van der Waals surface area contributed by atoms with Crippen molar-refractivity contribution in [3.05, 3.63) is 53.1 Å². The number of hydrogen-bond acceptors (Lipinski definition) is 6. The van der Waals surface area contributed by atoms with Crippen LogP contribution in [0.5, 0.6) is 0 Å². The largest absolute Gasteiger partial charge is 0.461 e. The van der Waals surface area contributed by atoms with E-state index in [-0.39, 0.29) is 31.6 Å². The van der Waals surface area contributed by atoms with Crippen LogP contribution in [0.1, 0.15) is 32.3 Å². The summed E-state index contributed by atoms with van der Waals surface area (Å²) in [6.45, 7) is 5.62. The van der Waals surface area contributed by atoms with Crippen LogP contribution in [-0.4, -0.2) is 70.8 Å². The van der Waals surface area contributed by atoms with Crippen molar-refractivity contribution in [3.8, 4) is 0 Å². The minimum Gasteiger partial charge on any atom is -0.461 e. The number of cyclic esters (lactones) is 1. The molecule has 2 fully saturated rings. The first-order valence-corrected chi connectivity index (χ1v) is 12.9. The number of para-hydroxylation sites is 1. The molecular weight excluding hydrogens is 484 g/mol. The number of rotatable bonds is 5. The number of esters is 1. The highest BCUT2D eigenvalue weighted by Gasteiger charge is 2.76. The zero-order valence-electron chi connectivity index (χ0n) is 20.6. The normalized spacial score (nSPS) is 34.1. The van der Waals surface area contributed by atoms with E-state index in [1.807, 2.05) is 45.1 Å². The Morgan fingerprint density at radius 2 is 1.92 bits per heavy atom. The number of carbonyl (C=O) groups excluding carboxylic acids is 3. The number of aryl methyl sites for hydroxylation is 1. The molecule has 0 aliphatic carbocycles. The molecule has 1 N–H and O–H groups in total. The Morgan fingerprint density at radius 3 is 2.58 bits per heavy atom. The van der Waals surface area contributed by atoms with Gasteiger partial charge in [0.1, 0.15) is 29.8 Å². The SMILES string of the molecule is CC[C@@H](CO)N1C(=O)[C@@H]2[C@@H]3C(=O)OCC=C[C@]3(CC)O[C@@]23C=CCN(c2c(C)cccc2Cl)C(=O)C13. The second-order valence-corrected chi connectivity index (χ2v) is 10.3. The molecule has 4 aliphatic rings. The second kappa shape index (κ2) is 9.01. The van der Waals surface area contributed by atoms with Gasteiger partial charge in [0.2, 0.25) is 5.91 Å². The number of nitrogens with zero attached hydrogens (tertiary/aromatic N) is 2. The van der Waals surface area contributed by atoms with Crippen molar-refractivity contribution in [2.75, 3.05) is 24.7 Å². The van der Waals surface area contributed by atoms with E-state index in [0.29, 0.717) is 23.6 Å². The van der Waals surface area contributed by atoms with Gasteiger partial charge >= 0.3 is 5.97 Å². The van der Waals surface area contributed by atoms with Gasteiger partial charge in [0.15, 0.2) is 0 Å². The number of carbonyl (C=O) groups is 3. The third-order valence-electron chi connectivity index (χ3n) is 8.17. The summed E-state index contributed by atoms with van der Waals surface area (Å²) >= 11 is 6.56. The summed E-state index contributed by atoms with van der Waals surface area (Å²) in [7, 11) is 0. The first-order chi connectivity index (χ1) is 17.3. The van der Waals surface area contributed by atoms with Gasteiger partial charge in [-0.25, -0.2) is 0 Å². The maximum atomic E-state index is 14.4. The Bertz CT molecular complexity index is 1140. The molecule has 0 radical (unpaired) electrons. The summed E-state index contributed by atoms with van der Waals surface area (Å²) in [5, 5.41) is 10.6. The fraction of sp³-hybridized carbons (Fsp3) is 0.519. The smallest absolute Gasteiger partial charge is 0.313 e. The lowest BCUT2D eigenvalue weighted by atomic mass is 9.73. The van der Waals surface area contributed by atoms with E-state index >= 15 is 0 Å². The molecule has 1 unspecified atom stereocenters. The van der Waals surface area contributed by atoms with Gasteiger partial charge in [-0.05, 0) is 37.5 Å². The Kier molecular flexibility index (Phi) is 6.25. The molecule has 6 atom stereocenters. The van der Waals surface area contributed by atoms with E-state index in [2.05, 4.69) is 0 Å². The summed E-state index contributed by atoms with van der Waals surface area (Å²) in [4.78, 5) is 44.9. The van der Waals surface area contributed by atoms with Gasteiger partial charge < -0.3 is 24.4 Å². The maximum absolute atomic E-state index is 14.4. The maximum Gasteiger partial charge on any atom is 0.313 e. The molecule has 1 aromatic carbocycles. The Balaban J connectivity index is 1.72. The molecule has 2 saturated heterocycles. The van der Waals surface area contributed by atoms with Gasteiger partial charge in [-0.1, -0.05) is 55.8 Å². The minimum atomic E-state index is -1.40. The molecule has 8 nitrogen and oxygen atoms in total.